The number of hydrogen-bond acceptors (Lipinski definition) is 4. The zero-order chi connectivity index (χ0) is 16.5. The first-order valence-electron chi connectivity index (χ1n) is 7.46. The van der Waals surface area contributed by atoms with E-state index in [1.807, 2.05) is 27.7 Å². The molecule has 1 aromatic heterocycles. The van der Waals surface area contributed by atoms with Gasteiger partial charge in [0, 0.05) is 23.3 Å². The van der Waals surface area contributed by atoms with E-state index in [2.05, 4.69) is 10.3 Å². The molecule has 6 nitrogen and oxygen atoms in total. The smallest absolute Gasteiger partial charge is 0.315 e. The Morgan fingerprint density at radius 1 is 1.23 bits per heavy atom. The molecular formula is C16H24N4O2. The minimum Gasteiger partial charge on any atom is -0.328 e. The summed E-state index contributed by atoms with van der Waals surface area (Å²) in [7, 11) is 0. The molecule has 0 atom stereocenters. The SMILES string of the molecule is CC1(C)CC(N)CC(C)(C)N1C(=O)C(=O)Nc1ccccn1. The van der Waals surface area contributed by atoms with Crippen LogP contribution in [0.4, 0.5) is 5.82 Å². The second-order valence-corrected chi connectivity index (χ2v) is 7.10. The van der Waals surface area contributed by atoms with Gasteiger partial charge >= 0.3 is 11.8 Å². The summed E-state index contributed by atoms with van der Waals surface area (Å²) in [4.78, 5) is 30.6. The van der Waals surface area contributed by atoms with E-state index in [1.165, 1.54) is 0 Å². The molecule has 0 bridgehead atoms. The molecule has 0 radical (unpaired) electrons. The molecule has 1 aliphatic rings. The van der Waals surface area contributed by atoms with Gasteiger partial charge in [0.25, 0.3) is 0 Å². The maximum absolute atomic E-state index is 12.7. The molecule has 1 saturated heterocycles. The first kappa shape index (κ1) is 16.4. The Morgan fingerprint density at radius 3 is 2.32 bits per heavy atom. The molecule has 3 N–H and O–H groups in total. The van der Waals surface area contributed by atoms with Gasteiger partial charge in [-0.2, -0.15) is 0 Å². The van der Waals surface area contributed by atoms with Gasteiger partial charge < -0.3 is 16.0 Å². The Labute approximate surface area is 131 Å². The summed E-state index contributed by atoms with van der Waals surface area (Å²) in [6.07, 6.45) is 2.89. The zero-order valence-corrected chi connectivity index (χ0v) is 13.6. The van der Waals surface area contributed by atoms with Gasteiger partial charge in [-0.15, -0.1) is 0 Å². The van der Waals surface area contributed by atoms with Crippen LogP contribution in [0.15, 0.2) is 24.4 Å². The van der Waals surface area contributed by atoms with Crippen molar-refractivity contribution in [2.45, 2.75) is 57.7 Å². The number of aromatic nitrogens is 1. The standard InChI is InChI=1S/C16H24N4O2/c1-15(2)9-11(17)10-16(3,4)20(15)14(22)13(21)19-12-7-5-6-8-18-12/h5-8,11H,9-10,17H2,1-4H3,(H,18,19,21). The number of carbonyl (C=O) groups excluding carboxylic acids is 2. The fourth-order valence-electron chi connectivity index (χ4n) is 3.62. The van der Waals surface area contributed by atoms with E-state index < -0.39 is 22.9 Å². The largest absolute Gasteiger partial charge is 0.328 e. The van der Waals surface area contributed by atoms with Crippen molar-refractivity contribution in [2.24, 2.45) is 5.73 Å². The fourth-order valence-corrected chi connectivity index (χ4v) is 3.62. The van der Waals surface area contributed by atoms with Gasteiger partial charge in [0.05, 0.1) is 0 Å². The summed E-state index contributed by atoms with van der Waals surface area (Å²) >= 11 is 0. The molecule has 22 heavy (non-hydrogen) atoms. The van der Waals surface area contributed by atoms with Crippen LogP contribution in [0, 0.1) is 0 Å². The molecule has 1 aromatic rings. The number of carbonyl (C=O) groups is 2. The maximum Gasteiger partial charge on any atom is 0.315 e. The highest BCUT2D eigenvalue weighted by molar-refractivity contribution is 6.39. The molecule has 0 unspecified atom stereocenters. The predicted octanol–water partition coefficient (Wildman–Crippen LogP) is 1.53. The Kier molecular flexibility index (Phi) is 4.24. The quantitative estimate of drug-likeness (QED) is 0.770. The topological polar surface area (TPSA) is 88.3 Å². The second-order valence-electron chi connectivity index (χ2n) is 7.10. The monoisotopic (exact) mass is 304 g/mol. The molecule has 0 spiro atoms. The lowest BCUT2D eigenvalue weighted by atomic mass is 9.77. The minimum absolute atomic E-state index is 0.0212. The van der Waals surface area contributed by atoms with Gasteiger partial charge in [-0.05, 0) is 52.7 Å². The summed E-state index contributed by atoms with van der Waals surface area (Å²) < 4.78 is 0. The van der Waals surface area contributed by atoms with Gasteiger partial charge in [-0.1, -0.05) is 6.07 Å². The van der Waals surface area contributed by atoms with Crippen molar-refractivity contribution in [3.05, 3.63) is 24.4 Å². The second kappa shape index (κ2) is 5.68. The van der Waals surface area contributed by atoms with Crippen LogP contribution in [0.1, 0.15) is 40.5 Å². The molecular weight excluding hydrogens is 280 g/mol. The minimum atomic E-state index is -0.671. The number of nitrogens with zero attached hydrogens (tertiary/aromatic N) is 2. The van der Waals surface area contributed by atoms with Crippen LogP contribution in [0.5, 0.6) is 0 Å². The van der Waals surface area contributed by atoms with E-state index in [0.717, 1.165) is 0 Å². The van der Waals surface area contributed by atoms with Crippen molar-refractivity contribution in [3.63, 3.8) is 0 Å². The first-order chi connectivity index (χ1) is 10.1. The van der Waals surface area contributed by atoms with Gasteiger partial charge in [0.15, 0.2) is 0 Å². The van der Waals surface area contributed by atoms with Crippen LogP contribution in [0.25, 0.3) is 0 Å². The number of amides is 2. The van der Waals surface area contributed by atoms with Crippen LogP contribution in [0.2, 0.25) is 0 Å². The Bertz CT molecular complexity index is 551. The number of anilines is 1. The summed E-state index contributed by atoms with van der Waals surface area (Å²) in [5, 5.41) is 2.55. The number of hydrogen-bond donors (Lipinski definition) is 2. The summed E-state index contributed by atoms with van der Waals surface area (Å²) in [6, 6.07) is 5.16. The van der Waals surface area contributed by atoms with Gasteiger partial charge in [-0.3, -0.25) is 9.59 Å². The third-order valence-electron chi connectivity index (χ3n) is 4.04. The lowest BCUT2D eigenvalue weighted by molar-refractivity contribution is -0.156. The van der Waals surface area contributed by atoms with Crippen LogP contribution >= 0.6 is 0 Å². The van der Waals surface area contributed by atoms with Crippen molar-refractivity contribution in [2.75, 3.05) is 5.32 Å². The summed E-state index contributed by atoms with van der Waals surface area (Å²) in [6.45, 7) is 7.78. The molecule has 120 valence electrons. The summed E-state index contributed by atoms with van der Waals surface area (Å²) in [5.41, 5.74) is 5.15. The van der Waals surface area contributed by atoms with Crippen LogP contribution in [-0.4, -0.2) is 38.8 Å². The van der Waals surface area contributed by atoms with E-state index in [1.54, 1.807) is 29.3 Å². The fraction of sp³-hybridized carbons (Fsp3) is 0.562. The lowest BCUT2D eigenvalue weighted by Crippen LogP contribution is -2.66. The summed E-state index contributed by atoms with van der Waals surface area (Å²) in [5.74, 6) is -0.854. The van der Waals surface area contributed by atoms with Crippen LogP contribution < -0.4 is 11.1 Å². The molecule has 2 amide bonds. The third-order valence-corrected chi connectivity index (χ3v) is 4.04. The van der Waals surface area contributed by atoms with Crippen molar-refractivity contribution in [1.29, 1.82) is 0 Å². The molecule has 1 fully saturated rings. The molecule has 2 heterocycles. The first-order valence-corrected chi connectivity index (χ1v) is 7.46. The van der Waals surface area contributed by atoms with Crippen LogP contribution in [0.3, 0.4) is 0 Å². The number of rotatable bonds is 1. The van der Waals surface area contributed by atoms with Gasteiger partial charge in [-0.25, -0.2) is 4.98 Å². The Morgan fingerprint density at radius 2 is 1.82 bits per heavy atom. The van der Waals surface area contributed by atoms with Crippen molar-refractivity contribution >= 4 is 17.6 Å². The number of piperidine rings is 1. The lowest BCUT2D eigenvalue weighted by Gasteiger charge is -2.54. The average molecular weight is 304 g/mol. The highest BCUT2D eigenvalue weighted by atomic mass is 16.2. The Hall–Kier alpha value is -1.95. The number of pyridine rings is 1. The molecule has 1 aliphatic heterocycles. The van der Waals surface area contributed by atoms with Crippen molar-refractivity contribution < 1.29 is 9.59 Å². The number of nitrogens with one attached hydrogen (secondary N) is 1. The highest BCUT2D eigenvalue weighted by Crippen LogP contribution is 2.37. The molecule has 0 aromatic carbocycles. The Balaban J connectivity index is 2.21. The highest BCUT2D eigenvalue weighted by Gasteiger charge is 2.48. The normalized spacial score (nSPS) is 20.5. The maximum atomic E-state index is 12.7. The number of nitrogens with two attached hydrogens (primary N) is 1. The number of likely N-dealkylation sites (tertiary alicyclic amines) is 1. The van der Waals surface area contributed by atoms with Gasteiger partial charge in [0.2, 0.25) is 0 Å². The van der Waals surface area contributed by atoms with Crippen LogP contribution in [-0.2, 0) is 9.59 Å². The van der Waals surface area contributed by atoms with E-state index in [-0.39, 0.29) is 6.04 Å². The zero-order valence-electron chi connectivity index (χ0n) is 13.6. The molecule has 6 heteroatoms. The van der Waals surface area contributed by atoms with Gasteiger partial charge in [0.1, 0.15) is 5.82 Å². The molecule has 0 aliphatic carbocycles. The van der Waals surface area contributed by atoms with E-state index in [4.69, 9.17) is 5.73 Å². The average Bonchev–Trinajstić information content (AvgIpc) is 2.36. The predicted molar refractivity (Wildman–Crippen MR) is 85.1 cm³/mol. The molecule has 0 saturated carbocycles. The van der Waals surface area contributed by atoms with Crippen molar-refractivity contribution in [3.8, 4) is 0 Å². The van der Waals surface area contributed by atoms with E-state index in [0.29, 0.717) is 18.7 Å². The third kappa shape index (κ3) is 3.27. The van der Waals surface area contributed by atoms with Crippen molar-refractivity contribution in [1.82, 2.24) is 9.88 Å². The molecule has 2 rings (SSSR count). The van der Waals surface area contributed by atoms with E-state index in [9.17, 15) is 9.59 Å². The van der Waals surface area contributed by atoms with E-state index >= 15 is 0 Å².